The van der Waals surface area contributed by atoms with Gasteiger partial charge in [0.05, 0.1) is 0 Å². The van der Waals surface area contributed by atoms with Crippen LogP contribution in [0.5, 0.6) is 0 Å². The summed E-state index contributed by atoms with van der Waals surface area (Å²) in [6, 6.07) is 7.82. The van der Waals surface area contributed by atoms with E-state index in [0.29, 0.717) is 4.32 Å². The molecule has 0 atom stereocenters. The van der Waals surface area contributed by atoms with Crippen molar-refractivity contribution >= 4 is 33.8 Å². The van der Waals surface area contributed by atoms with Gasteiger partial charge in [0.15, 0.2) is 0 Å². The number of hydrogen-bond donors (Lipinski definition) is 0. The molecule has 0 bridgehead atoms. The topological polar surface area (TPSA) is 3.24 Å². The first-order chi connectivity index (χ1) is 5.61. The molecule has 12 heavy (non-hydrogen) atoms. The van der Waals surface area contributed by atoms with Gasteiger partial charge < -0.3 is 4.90 Å². The Morgan fingerprint density at radius 1 is 1.25 bits per heavy atom. The zero-order chi connectivity index (χ0) is 9.14. The Labute approximate surface area is 82.9 Å². The van der Waals surface area contributed by atoms with E-state index in [9.17, 15) is 0 Å². The summed E-state index contributed by atoms with van der Waals surface area (Å²) >= 11 is 10.5. The Balaban J connectivity index is 2.93. The molecule has 1 nitrogen and oxygen atoms in total. The van der Waals surface area contributed by atoms with Gasteiger partial charge in [-0.25, -0.2) is 0 Å². The van der Waals surface area contributed by atoms with Gasteiger partial charge in [0.2, 0.25) is 0 Å². The maximum absolute atomic E-state index is 5.65. The van der Waals surface area contributed by atoms with Crippen LogP contribution in [-0.2, 0) is 0 Å². The van der Waals surface area contributed by atoms with Crippen molar-refractivity contribution in [2.24, 2.45) is 0 Å². The van der Waals surface area contributed by atoms with E-state index in [-0.39, 0.29) is 0 Å². The zero-order valence-corrected chi connectivity index (χ0v) is 8.62. The van der Waals surface area contributed by atoms with E-state index in [2.05, 4.69) is 0 Å². The van der Waals surface area contributed by atoms with E-state index < -0.39 is 0 Å². The second kappa shape index (κ2) is 3.87. The van der Waals surface area contributed by atoms with Crippen molar-refractivity contribution in [1.29, 1.82) is 0 Å². The molecule has 0 saturated carbocycles. The lowest BCUT2D eigenvalue weighted by Crippen LogP contribution is -2.08. The van der Waals surface area contributed by atoms with Gasteiger partial charge in [0.25, 0.3) is 0 Å². The number of rotatable bonds is 2. The normalized spacial score (nSPS) is 9.58. The maximum atomic E-state index is 5.65. The van der Waals surface area contributed by atoms with Crippen LogP contribution in [0.4, 0.5) is 5.69 Å². The molecule has 1 aromatic rings. The SMILES string of the molecule is CN(C)c1ccc(C(=S)Cl)cc1. The molecule has 0 amide bonds. The molecule has 0 aliphatic rings. The standard InChI is InChI=1S/C9H10ClNS/c1-11(2)8-5-3-7(4-6-8)9(10)12/h3-6H,1-2H3. The lowest BCUT2D eigenvalue weighted by Gasteiger charge is -2.11. The van der Waals surface area contributed by atoms with E-state index in [4.69, 9.17) is 23.8 Å². The van der Waals surface area contributed by atoms with Gasteiger partial charge in [0, 0.05) is 25.3 Å². The maximum Gasteiger partial charge on any atom is 0.111 e. The van der Waals surface area contributed by atoms with Crippen LogP contribution in [0.2, 0.25) is 0 Å². The van der Waals surface area contributed by atoms with Crippen molar-refractivity contribution in [3.63, 3.8) is 0 Å². The Bertz CT molecular complexity index is 279. The van der Waals surface area contributed by atoms with Gasteiger partial charge in [-0.05, 0) is 12.1 Å². The predicted octanol–water partition coefficient (Wildman–Crippen LogP) is 2.67. The fraction of sp³-hybridized carbons (Fsp3) is 0.222. The molecule has 0 aromatic heterocycles. The average molecular weight is 200 g/mol. The Hall–Kier alpha value is -0.600. The summed E-state index contributed by atoms with van der Waals surface area (Å²) in [7, 11) is 3.99. The van der Waals surface area contributed by atoms with Gasteiger partial charge in [-0.2, -0.15) is 0 Å². The summed E-state index contributed by atoms with van der Waals surface area (Å²) in [5, 5.41) is 0. The Morgan fingerprint density at radius 2 is 1.75 bits per heavy atom. The fourth-order valence-corrected chi connectivity index (χ4v) is 1.15. The molecule has 3 heteroatoms. The Kier molecular flexibility index (Phi) is 3.06. The second-order valence-electron chi connectivity index (χ2n) is 2.72. The number of hydrogen-bond acceptors (Lipinski definition) is 2. The fourth-order valence-electron chi connectivity index (χ4n) is 0.891. The molecule has 0 aliphatic carbocycles. The molecule has 0 fully saturated rings. The van der Waals surface area contributed by atoms with E-state index in [1.807, 2.05) is 43.3 Å². The van der Waals surface area contributed by atoms with Crippen LogP contribution in [0.3, 0.4) is 0 Å². The highest BCUT2D eigenvalue weighted by molar-refractivity contribution is 7.83. The number of halogens is 1. The minimum atomic E-state index is 0.417. The van der Waals surface area contributed by atoms with Crippen molar-refractivity contribution in [1.82, 2.24) is 0 Å². The molecule has 0 heterocycles. The number of nitrogens with zero attached hydrogens (tertiary/aromatic N) is 1. The minimum Gasteiger partial charge on any atom is -0.378 e. The van der Waals surface area contributed by atoms with Gasteiger partial charge in [-0.15, -0.1) is 0 Å². The predicted molar refractivity (Wildman–Crippen MR) is 58.3 cm³/mol. The monoisotopic (exact) mass is 199 g/mol. The van der Waals surface area contributed by atoms with Crippen LogP contribution in [-0.4, -0.2) is 18.4 Å². The third-order valence-electron chi connectivity index (χ3n) is 1.61. The number of thiocarbonyl (C=S) groups is 1. The molecular formula is C9H10ClNS. The first-order valence-electron chi connectivity index (χ1n) is 3.58. The third-order valence-corrected chi connectivity index (χ3v) is 2.06. The molecule has 0 N–H and O–H groups in total. The Morgan fingerprint density at radius 3 is 2.08 bits per heavy atom. The molecule has 0 aliphatic heterocycles. The third kappa shape index (κ3) is 2.19. The lowest BCUT2D eigenvalue weighted by molar-refractivity contribution is 1.13. The molecule has 1 aromatic carbocycles. The van der Waals surface area contributed by atoms with Crippen LogP contribution in [0.1, 0.15) is 5.56 Å². The van der Waals surface area contributed by atoms with Crippen molar-refractivity contribution in [3.8, 4) is 0 Å². The second-order valence-corrected chi connectivity index (χ2v) is 3.73. The van der Waals surface area contributed by atoms with Crippen molar-refractivity contribution < 1.29 is 0 Å². The average Bonchev–Trinajstić information content (AvgIpc) is 2.04. The van der Waals surface area contributed by atoms with Crippen molar-refractivity contribution in [2.45, 2.75) is 0 Å². The first-order valence-corrected chi connectivity index (χ1v) is 4.37. The largest absolute Gasteiger partial charge is 0.378 e. The molecular weight excluding hydrogens is 190 g/mol. The molecule has 1 rings (SSSR count). The zero-order valence-electron chi connectivity index (χ0n) is 7.04. The smallest absolute Gasteiger partial charge is 0.111 e. The minimum absolute atomic E-state index is 0.417. The van der Waals surface area contributed by atoms with Crippen LogP contribution in [0.15, 0.2) is 24.3 Å². The van der Waals surface area contributed by atoms with Crippen LogP contribution in [0.25, 0.3) is 0 Å². The van der Waals surface area contributed by atoms with E-state index in [1.54, 1.807) is 0 Å². The molecule has 0 saturated heterocycles. The first kappa shape index (κ1) is 9.49. The van der Waals surface area contributed by atoms with Crippen molar-refractivity contribution in [3.05, 3.63) is 29.8 Å². The molecule has 0 spiro atoms. The summed E-state index contributed by atoms with van der Waals surface area (Å²) in [5.41, 5.74) is 2.05. The van der Waals surface area contributed by atoms with Gasteiger partial charge >= 0.3 is 0 Å². The quantitative estimate of drug-likeness (QED) is 0.532. The number of anilines is 1. The van der Waals surface area contributed by atoms with Crippen molar-refractivity contribution in [2.75, 3.05) is 19.0 Å². The summed E-state index contributed by atoms with van der Waals surface area (Å²) in [4.78, 5) is 2.03. The highest BCUT2D eigenvalue weighted by Crippen LogP contribution is 2.13. The molecule has 0 unspecified atom stereocenters. The summed E-state index contributed by atoms with van der Waals surface area (Å²) < 4.78 is 0.417. The van der Waals surface area contributed by atoms with Crippen LogP contribution >= 0.6 is 23.8 Å². The summed E-state index contributed by atoms with van der Waals surface area (Å²) in [6.07, 6.45) is 0. The molecule has 0 radical (unpaired) electrons. The van der Waals surface area contributed by atoms with Crippen LogP contribution < -0.4 is 4.90 Å². The van der Waals surface area contributed by atoms with E-state index >= 15 is 0 Å². The van der Waals surface area contributed by atoms with E-state index in [0.717, 1.165) is 11.3 Å². The highest BCUT2D eigenvalue weighted by Gasteiger charge is 1.97. The summed E-state index contributed by atoms with van der Waals surface area (Å²) in [5.74, 6) is 0. The molecule has 64 valence electrons. The summed E-state index contributed by atoms with van der Waals surface area (Å²) in [6.45, 7) is 0. The van der Waals surface area contributed by atoms with Gasteiger partial charge in [-0.3, -0.25) is 0 Å². The highest BCUT2D eigenvalue weighted by atomic mass is 35.5. The van der Waals surface area contributed by atoms with Gasteiger partial charge in [0.1, 0.15) is 4.32 Å². The number of benzene rings is 1. The van der Waals surface area contributed by atoms with Gasteiger partial charge in [-0.1, -0.05) is 36.0 Å². The van der Waals surface area contributed by atoms with E-state index in [1.165, 1.54) is 0 Å². The lowest BCUT2D eigenvalue weighted by atomic mass is 10.2. The van der Waals surface area contributed by atoms with Crippen LogP contribution in [0, 0.1) is 0 Å².